The minimum absolute atomic E-state index is 0.00406. The second-order valence-electron chi connectivity index (χ2n) is 20.8. The van der Waals surface area contributed by atoms with Crippen LogP contribution in [0.15, 0.2) is 42.9 Å². The number of pyridine rings is 1. The first-order valence-corrected chi connectivity index (χ1v) is 26.3. The molecule has 2 saturated carbocycles. The van der Waals surface area contributed by atoms with Crippen LogP contribution < -0.4 is 26.2 Å². The van der Waals surface area contributed by atoms with Gasteiger partial charge in [-0.2, -0.15) is 5.10 Å². The van der Waals surface area contributed by atoms with Crippen molar-refractivity contribution in [3.8, 4) is 0 Å². The molecule has 1 aromatic carbocycles. The molecule has 1 unspecified atom stereocenters. The van der Waals surface area contributed by atoms with Crippen molar-refractivity contribution in [3.05, 3.63) is 54.2 Å². The van der Waals surface area contributed by atoms with Crippen LogP contribution in [0.1, 0.15) is 94.3 Å². The number of aryl methyl sites for hydroxylation is 1. The Morgan fingerprint density at radius 2 is 1.37 bits per heavy atom. The monoisotopic (exact) mass is 981 g/mol. The number of benzene rings is 1. The molecule has 384 valence electrons. The lowest BCUT2D eigenvalue weighted by atomic mass is 9.80. The number of anilines is 5. The van der Waals surface area contributed by atoms with E-state index < -0.39 is 6.04 Å². The Bertz CT molecular complexity index is 2340. The number of rotatable bonds is 15. The number of aromatic nitrogens is 3. The summed E-state index contributed by atoms with van der Waals surface area (Å²) >= 11 is 0. The molecule has 1 atom stereocenters. The van der Waals surface area contributed by atoms with Gasteiger partial charge in [-0.05, 0) is 108 Å². The second-order valence-corrected chi connectivity index (χ2v) is 20.8. The van der Waals surface area contributed by atoms with Crippen molar-refractivity contribution in [3.63, 3.8) is 0 Å². The maximum absolute atomic E-state index is 15.3. The Morgan fingerprint density at radius 3 is 1.97 bits per heavy atom. The number of esters is 1. The summed E-state index contributed by atoms with van der Waals surface area (Å²) in [6.07, 6.45) is 15.1. The third-order valence-corrected chi connectivity index (χ3v) is 15.9. The highest BCUT2D eigenvalue weighted by molar-refractivity contribution is 6.01. The SMILES string of the molecule is CCOC(=O)c1cnc(Nc2cnn(C)c2)cc1NC1CCC(CN2CCN(C(=O)C3CCC(C(=O)N4CCC(CN5CCN(c6ccc(NC7CCC(=O)NC7=O)cc6F)CC5)CC4)CC3)CC2)CC1. The molecule has 71 heavy (non-hydrogen) atoms. The molecule has 3 aromatic rings. The van der Waals surface area contributed by atoms with Crippen molar-refractivity contribution in [1.82, 2.24) is 39.7 Å². The van der Waals surface area contributed by atoms with E-state index in [1.165, 1.54) is 6.07 Å². The number of amides is 4. The van der Waals surface area contributed by atoms with Crippen LogP contribution in [0.3, 0.4) is 0 Å². The number of hydrogen-bond acceptors (Lipinski definition) is 14. The van der Waals surface area contributed by atoms with Crippen molar-refractivity contribution in [1.29, 1.82) is 0 Å². The molecule has 6 fully saturated rings. The van der Waals surface area contributed by atoms with E-state index in [-0.39, 0.29) is 59.7 Å². The molecule has 4 saturated heterocycles. The van der Waals surface area contributed by atoms with Crippen molar-refractivity contribution in [2.24, 2.45) is 30.7 Å². The summed E-state index contributed by atoms with van der Waals surface area (Å²) in [6, 6.07) is 6.54. The van der Waals surface area contributed by atoms with E-state index in [4.69, 9.17) is 4.74 Å². The van der Waals surface area contributed by atoms with E-state index >= 15 is 4.39 Å². The predicted octanol–water partition coefficient (Wildman–Crippen LogP) is 5.07. The Morgan fingerprint density at radius 1 is 0.732 bits per heavy atom. The quantitative estimate of drug-likeness (QED) is 0.117. The number of hydrogen-bond donors (Lipinski definition) is 4. The Hall–Kier alpha value is -5.82. The van der Waals surface area contributed by atoms with E-state index in [9.17, 15) is 24.0 Å². The van der Waals surface area contributed by atoms with Gasteiger partial charge >= 0.3 is 5.97 Å². The maximum atomic E-state index is 15.3. The van der Waals surface area contributed by atoms with E-state index in [0.29, 0.717) is 47.6 Å². The number of imide groups is 1. The van der Waals surface area contributed by atoms with Crippen LogP contribution in [0.4, 0.5) is 33.0 Å². The molecule has 4 amide bonds. The van der Waals surface area contributed by atoms with Crippen LogP contribution in [0, 0.1) is 29.5 Å². The number of piperazine rings is 2. The van der Waals surface area contributed by atoms with Crippen LogP contribution >= 0.6 is 0 Å². The summed E-state index contributed by atoms with van der Waals surface area (Å²) in [6.45, 7) is 12.1. The number of piperidine rings is 2. The fraction of sp³-hybridized carbons (Fsp3) is 0.635. The van der Waals surface area contributed by atoms with Crippen LogP contribution in [0.2, 0.25) is 0 Å². The predicted molar refractivity (Wildman–Crippen MR) is 269 cm³/mol. The van der Waals surface area contributed by atoms with Crippen LogP contribution in [-0.2, 0) is 31.0 Å². The van der Waals surface area contributed by atoms with Crippen molar-refractivity contribution in [2.75, 3.05) is 106 Å². The first-order chi connectivity index (χ1) is 34.4. The summed E-state index contributed by atoms with van der Waals surface area (Å²) in [4.78, 5) is 79.6. The minimum Gasteiger partial charge on any atom is -0.462 e. The second kappa shape index (κ2) is 23.2. The van der Waals surface area contributed by atoms with E-state index in [2.05, 4.69) is 55.8 Å². The highest BCUT2D eigenvalue weighted by atomic mass is 19.1. The Kier molecular flexibility index (Phi) is 16.4. The number of ether oxygens (including phenoxy) is 1. The van der Waals surface area contributed by atoms with Gasteiger partial charge in [-0.15, -0.1) is 0 Å². The minimum atomic E-state index is -0.557. The molecule has 2 aliphatic carbocycles. The molecule has 19 heteroatoms. The zero-order chi connectivity index (χ0) is 49.4. The fourth-order valence-corrected chi connectivity index (χ4v) is 11.7. The molecular formula is C52H73FN12O6. The zero-order valence-corrected chi connectivity index (χ0v) is 41.6. The van der Waals surface area contributed by atoms with Gasteiger partial charge < -0.3 is 35.4 Å². The molecule has 6 heterocycles. The number of likely N-dealkylation sites (tertiary alicyclic amines) is 1. The average molecular weight is 981 g/mol. The lowest BCUT2D eigenvalue weighted by molar-refractivity contribution is -0.143. The topological polar surface area (TPSA) is 190 Å². The van der Waals surface area contributed by atoms with E-state index in [1.54, 1.807) is 36.1 Å². The number of halogens is 1. The van der Waals surface area contributed by atoms with Crippen molar-refractivity contribution < 1.29 is 33.1 Å². The summed E-state index contributed by atoms with van der Waals surface area (Å²) in [5.74, 6) is 0.895. The standard InChI is InChI=1S/C52H73FN12O6/c1-3-71-52(70)42-31-54-47(58-41-30-55-60(2)34-41)29-45(42)56-39-10-4-35(5-11-39)32-62-22-26-65(27-23-62)51(69)38-8-6-37(7-9-38)50(68)64-18-16-36(17-19-64)33-61-20-24-63(25-21-61)46-14-12-40(28-43(46)53)57-44-13-15-48(66)59-49(44)67/h12,14,28-31,34-39,44,57H,3-11,13,15-27,32-33H2,1-2H3,(H2,54,56,58)(H,59,66,67). The smallest absolute Gasteiger partial charge is 0.341 e. The van der Waals surface area contributed by atoms with Gasteiger partial charge in [0.2, 0.25) is 23.6 Å². The van der Waals surface area contributed by atoms with Crippen molar-refractivity contribution in [2.45, 2.75) is 96.1 Å². The summed E-state index contributed by atoms with van der Waals surface area (Å²) in [5, 5.41) is 16.5. The zero-order valence-electron chi connectivity index (χ0n) is 41.6. The Balaban J connectivity index is 0.640. The van der Waals surface area contributed by atoms with Gasteiger partial charge in [0.15, 0.2) is 0 Å². The molecule has 9 rings (SSSR count). The first-order valence-electron chi connectivity index (χ1n) is 26.3. The molecule has 0 radical (unpaired) electrons. The lowest BCUT2D eigenvalue weighted by Crippen LogP contribution is -2.52. The summed E-state index contributed by atoms with van der Waals surface area (Å²) in [5.41, 5.74) is 3.04. The van der Waals surface area contributed by atoms with E-state index in [1.807, 2.05) is 19.3 Å². The molecule has 0 spiro atoms. The van der Waals surface area contributed by atoms with Crippen LogP contribution in [0.25, 0.3) is 0 Å². The molecular weight excluding hydrogens is 908 g/mol. The number of nitrogens with zero attached hydrogens (tertiary/aromatic N) is 8. The molecule has 4 aliphatic heterocycles. The molecule has 18 nitrogen and oxygen atoms in total. The van der Waals surface area contributed by atoms with Gasteiger partial charge in [-0.3, -0.25) is 39.0 Å². The summed E-state index contributed by atoms with van der Waals surface area (Å²) < 4.78 is 22.3. The third-order valence-electron chi connectivity index (χ3n) is 15.9. The molecule has 0 bridgehead atoms. The maximum Gasteiger partial charge on any atom is 0.341 e. The van der Waals surface area contributed by atoms with Gasteiger partial charge in [-0.1, -0.05) is 0 Å². The Labute approximate surface area is 416 Å². The van der Waals surface area contributed by atoms with Crippen LogP contribution in [0.5, 0.6) is 0 Å². The highest BCUT2D eigenvalue weighted by Gasteiger charge is 2.37. The van der Waals surface area contributed by atoms with Crippen molar-refractivity contribution >= 4 is 58.2 Å². The lowest BCUT2D eigenvalue weighted by Gasteiger charge is -2.41. The number of carbonyl (C=O) groups is 5. The first kappa shape index (κ1) is 50.1. The average Bonchev–Trinajstić information content (AvgIpc) is 3.79. The molecule has 4 N–H and O–H groups in total. The van der Waals surface area contributed by atoms with E-state index in [0.717, 1.165) is 154 Å². The van der Waals surface area contributed by atoms with Gasteiger partial charge in [0.1, 0.15) is 23.2 Å². The largest absolute Gasteiger partial charge is 0.462 e. The van der Waals surface area contributed by atoms with Crippen LogP contribution in [-0.4, -0.2) is 161 Å². The normalized spacial score (nSPS) is 25.1. The van der Waals surface area contributed by atoms with Gasteiger partial charge in [0.05, 0.1) is 29.9 Å². The molecule has 6 aliphatic rings. The fourth-order valence-electron chi connectivity index (χ4n) is 11.7. The highest BCUT2D eigenvalue weighted by Crippen LogP contribution is 2.35. The van der Waals surface area contributed by atoms with Gasteiger partial charge in [-0.25, -0.2) is 14.2 Å². The number of nitrogens with one attached hydrogen (secondary N) is 4. The number of carbonyl (C=O) groups excluding carboxylic acids is 5. The third kappa shape index (κ3) is 12.8. The van der Waals surface area contributed by atoms with Gasteiger partial charge in [0.25, 0.3) is 0 Å². The van der Waals surface area contributed by atoms with Gasteiger partial charge in [0, 0.05) is 134 Å². The summed E-state index contributed by atoms with van der Waals surface area (Å²) in [7, 11) is 1.86. The molecule has 2 aromatic heterocycles.